The molecule has 0 bridgehead atoms. The second kappa shape index (κ2) is 9.05. The number of nitrogens with one attached hydrogen (secondary N) is 1. The Labute approximate surface area is 160 Å². The summed E-state index contributed by atoms with van der Waals surface area (Å²) < 4.78 is 6.86. The van der Waals surface area contributed by atoms with Crippen LogP contribution in [0.1, 0.15) is 41.5 Å². The lowest BCUT2D eigenvalue weighted by molar-refractivity contribution is 0.0934. The van der Waals surface area contributed by atoms with Crippen molar-refractivity contribution in [3.05, 3.63) is 46.2 Å². The van der Waals surface area contributed by atoms with Crippen LogP contribution in [0.2, 0.25) is 5.15 Å². The average molecular weight is 379 g/mol. The van der Waals surface area contributed by atoms with Gasteiger partial charge in [-0.05, 0) is 37.7 Å². The van der Waals surface area contributed by atoms with Crippen molar-refractivity contribution in [2.75, 3.05) is 26.7 Å². The third-order valence-electron chi connectivity index (χ3n) is 4.57. The summed E-state index contributed by atoms with van der Waals surface area (Å²) in [6.45, 7) is 8.23. The first kappa shape index (κ1) is 20.3. The average Bonchev–Trinajstić information content (AvgIpc) is 2.90. The van der Waals surface area contributed by atoms with Crippen LogP contribution in [0.15, 0.2) is 24.3 Å². The summed E-state index contributed by atoms with van der Waals surface area (Å²) in [6, 6.07) is 7.99. The van der Waals surface area contributed by atoms with Crippen molar-refractivity contribution in [1.82, 2.24) is 20.0 Å². The lowest BCUT2D eigenvalue weighted by Gasteiger charge is -2.30. The number of likely N-dealkylation sites (N-methyl/N-ethyl adjacent to an activating group) is 1. The molecule has 0 saturated heterocycles. The zero-order valence-electron chi connectivity index (χ0n) is 16.0. The maximum Gasteiger partial charge on any atom is 0.256 e. The number of hydrogen-bond acceptors (Lipinski definition) is 4. The number of aryl methyl sites for hydroxylation is 2. The molecule has 0 spiro atoms. The fourth-order valence-electron chi connectivity index (χ4n) is 3.14. The summed E-state index contributed by atoms with van der Waals surface area (Å²) in [5, 5.41) is 7.57. The number of ether oxygens (including phenoxy) is 1. The molecular formula is C19H27ClN4O2. The van der Waals surface area contributed by atoms with Gasteiger partial charge in [-0.3, -0.25) is 14.4 Å². The topological polar surface area (TPSA) is 59.4 Å². The van der Waals surface area contributed by atoms with Crippen molar-refractivity contribution in [3.63, 3.8) is 0 Å². The Morgan fingerprint density at radius 3 is 2.62 bits per heavy atom. The minimum absolute atomic E-state index is 0.0415. The van der Waals surface area contributed by atoms with Gasteiger partial charge in [-0.1, -0.05) is 37.6 Å². The number of methoxy groups -OCH3 is 1. The van der Waals surface area contributed by atoms with Crippen molar-refractivity contribution in [3.8, 4) is 5.75 Å². The zero-order valence-corrected chi connectivity index (χ0v) is 16.8. The molecule has 1 aromatic heterocycles. The molecule has 0 radical (unpaired) electrons. The lowest BCUT2D eigenvalue weighted by atomic mass is 10.0. The van der Waals surface area contributed by atoms with Gasteiger partial charge in [-0.15, -0.1) is 0 Å². The number of aromatic nitrogens is 2. The summed E-state index contributed by atoms with van der Waals surface area (Å²) in [6.07, 6.45) is 0. The number of carbonyl (C=O) groups is 1. The third kappa shape index (κ3) is 4.37. The number of carbonyl (C=O) groups excluding carboxylic acids is 1. The van der Waals surface area contributed by atoms with E-state index in [1.54, 1.807) is 21.1 Å². The number of benzene rings is 1. The Morgan fingerprint density at radius 2 is 2.08 bits per heavy atom. The molecular weight excluding hydrogens is 352 g/mol. The van der Waals surface area contributed by atoms with Crippen LogP contribution < -0.4 is 10.1 Å². The first-order valence-corrected chi connectivity index (χ1v) is 9.15. The Bertz CT molecular complexity index is 756. The standard InChI is InChI=1S/C19H27ClN4O2/c1-6-24(7-2)16(14-9-8-10-15(11-14)26-5)12-21-19(25)17-13(3)22-23(4)18(17)20/h8-11,16H,6-7,12H2,1-5H3,(H,21,25). The molecule has 7 heteroatoms. The Balaban J connectivity index is 2.23. The molecule has 26 heavy (non-hydrogen) atoms. The van der Waals surface area contributed by atoms with E-state index in [0.29, 0.717) is 23.0 Å². The predicted molar refractivity (Wildman–Crippen MR) is 104 cm³/mol. The molecule has 2 aromatic rings. The van der Waals surface area contributed by atoms with Crippen LogP contribution in [-0.2, 0) is 7.05 Å². The molecule has 0 aliphatic carbocycles. The molecule has 1 amide bonds. The van der Waals surface area contributed by atoms with Crippen LogP contribution in [0.4, 0.5) is 0 Å². The highest BCUT2D eigenvalue weighted by Crippen LogP contribution is 2.24. The maximum absolute atomic E-state index is 12.7. The van der Waals surface area contributed by atoms with Gasteiger partial charge in [0.2, 0.25) is 0 Å². The van der Waals surface area contributed by atoms with Crippen molar-refractivity contribution in [1.29, 1.82) is 0 Å². The highest BCUT2D eigenvalue weighted by atomic mass is 35.5. The molecule has 1 unspecified atom stereocenters. The number of halogens is 1. The van der Waals surface area contributed by atoms with Crippen molar-refractivity contribution >= 4 is 17.5 Å². The van der Waals surface area contributed by atoms with Crippen LogP contribution >= 0.6 is 11.6 Å². The van der Waals surface area contributed by atoms with Crippen molar-refractivity contribution in [2.45, 2.75) is 26.8 Å². The molecule has 2 rings (SSSR count). The second-order valence-electron chi connectivity index (χ2n) is 6.10. The summed E-state index contributed by atoms with van der Waals surface area (Å²) in [5.74, 6) is 0.595. The fraction of sp³-hybridized carbons (Fsp3) is 0.474. The molecule has 1 aromatic carbocycles. The third-order valence-corrected chi connectivity index (χ3v) is 5.00. The van der Waals surface area contributed by atoms with Crippen LogP contribution in [0.5, 0.6) is 5.75 Å². The molecule has 0 aliphatic heterocycles. The Kier molecular flexibility index (Phi) is 7.06. The predicted octanol–water partition coefficient (Wildman–Crippen LogP) is 3.20. The minimum Gasteiger partial charge on any atom is -0.497 e. The van der Waals surface area contributed by atoms with Gasteiger partial charge in [0, 0.05) is 13.6 Å². The first-order chi connectivity index (χ1) is 12.4. The minimum atomic E-state index is -0.208. The van der Waals surface area contributed by atoms with Gasteiger partial charge in [0.15, 0.2) is 0 Å². The van der Waals surface area contributed by atoms with E-state index in [1.165, 1.54) is 4.68 Å². The van der Waals surface area contributed by atoms with Gasteiger partial charge < -0.3 is 10.1 Å². The SMILES string of the molecule is CCN(CC)C(CNC(=O)c1c(C)nn(C)c1Cl)c1cccc(OC)c1. The molecule has 1 atom stereocenters. The smallest absolute Gasteiger partial charge is 0.256 e. The quantitative estimate of drug-likeness (QED) is 0.766. The van der Waals surface area contributed by atoms with Crippen LogP contribution in [0, 0.1) is 6.92 Å². The Hall–Kier alpha value is -2.05. The van der Waals surface area contributed by atoms with E-state index >= 15 is 0 Å². The molecule has 1 N–H and O–H groups in total. The number of rotatable bonds is 8. The largest absolute Gasteiger partial charge is 0.497 e. The lowest BCUT2D eigenvalue weighted by Crippen LogP contribution is -2.38. The molecule has 1 heterocycles. The van der Waals surface area contributed by atoms with E-state index in [9.17, 15) is 4.79 Å². The van der Waals surface area contributed by atoms with Gasteiger partial charge in [-0.2, -0.15) is 5.10 Å². The van der Waals surface area contributed by atoms with Crippen LogP contribution in [-0.4, -0.2) is 47.3 Å². The molecule has 0 fully saturated rings. The summed E-state index contributed by atoms with van der Waals surface area (Å²) in [4.78, 5) is 15.0. The fourth-order valence-corrected chi connectivity index (χ4v) is 3.40. The molecule has 6 nitrogen and oxygen atoms in total. The normalized spacial score (nSPS) is 12.3. The number of amides is 1. The van der Waals surface area contributed by atoms with E-state index in [4.69, 9.17) is 16.3 Å². The van der Waals surface area contributed by atoms with Crippen molar-refractivity contribution < 1.29 is 9.53 Å². The highest BCUT2D eigenvalue weighted by molar-refractivity contribution is 6.33. The monoisotopic (exact) mass is 378 g/mol. The first-order valence-electron chi connectivity index (χ1n) is 8.78. The van der Waals surface area contributed by atoms with Crippen molar-refractivity contribution in [2.24, 2.45) is 7.05 Å². The summed E-state index contributed by atoms with van der Waals surface area (Å²) >= 11 is 6.21. The van der Waals surface area contributed by atoms with Gasteiger partial charge in [-0.25, -0.2) is 0 Å². The highest BCUT2D eigenvalue weighted by Gasteiger charge is 2.23. The van der Waals surface area contributed by atoms with Gasteiger partial charge in [0.1, 0.15) is 10.9 Å². The second-order valence-corrected chi connectivity index (χ2v) is 6.46. The zero-order chi connectivity index (χ0) is 19.3. The van der Waals surface area contributed by atoms with E-state index in [1.807, 2.05) is 18.2 Å². The van der Waals surface area contributed by atoms with E-state index < -0.39 is 0 Å². The van der Waals surface area contributed by atoms with E-state index in [0.717, 1.165) is 24.4 Å². The van der Waals surface area contributed by atoms with Gasteiger partial charge in [0.25, 0.3) is 5.91 Å². The molecule has 0 saturated carbocycles. The molecule has 0 aliphatic rings. The summed E-state index contributed by atoms with van der Waals surface area (Å²) in [5.41, 5.74) is 2.15. The van der Waals surface area contributed by atoms with Gasteiger partial charge in [0.05, 0.1) is 24.4 Å². The maximum atomic E-state index is 12.7. The number of hydrogen-bond donors (Lipinski definition) is 1. The van der Waals surface area contributed by atoms with E-state index in [2.05, 4.69) is 35.2 Å². The van der Waals surface area contributed by atoms with E-state index in [-0.39, 0.29) is 11.9 Å². The van der Waals surface area contributed by atoms with Gasteiger partial charge >= 0.3 is 0 Å². The van der Waals surface area contributed by atoms with Crippen LogP contribution in [0.25, 0.3) is 0 Å². The van der Waals surface area contributed by atoms with Crippen LogP contribution in [0.3, 0.4) is 0 Å². The summed E-state index contributed by atoms with van der Waals surface area (Å²) in [7, 11) is 3.38. The Morgan fingerprint density at radius 1 is 1.38 bits per heavy atom. The number of nitrogens with zero attached hydrogens (tertiary/aromatic N) is 3. The molecule has 142 valence electrons.